The van der Waals surface area contributed by atoms with Gasteiger partial charge < -0.3 is 10.0 Å². The summed E-state index contributed by atoms with van der Waals surface area (Å²) >= 11 is 3.42. The van der Waals surface area contributed by atoms with Gasteiger partial charge in [0, 0.05) is 16.6 Å². The first-order valence-corrected chi connectivity index (χ1v) is 9.99. The summed E-state index contributed by atoms with van der Waals surface area (Å²) in [5.41, 5.74) is 2.30. The number of halogens is 1. The highest BCUT2D eigenvalue weighted by Crippen LogP contribution is 2.40. The van der Waals surface area contributed by atoms with Gasteiger partial charge in [0.1, 0.15) is 5.76 Å². The highest BCUT2D eigenvalue weighted by Gasteiger charge is 2.45. The van der Waals surface area contributed by atoms with Crippen molar-refractivity contribution in [2.24, 2.45) is 0 Å². The van der Waals surface area contributed by atoms with Crippen LogP contribution >= 0.6 is 15.9 Å². The van der Waals surface area contributed by atoms with Crippen LogP contribution in [0.5, 0.6) is 0 Å². The minimum Gasteiger partial charge on any atom is -0.507 e. The summed E-state index contributed by atoms with van der Waals surface area (Å²) in [5, 5.41) is 10.9. The molecule has 1 amide bonds. The van der Waals surface area contributed by atoms with Gasteiger partial charge in [0.05, 0.1) is 11.6 Å². The van der Waals surface area contributed by atoms with Crippen molar-refractivity contribution in [3.8, 4) is 0 Å². The Kier molecular flexibility index (Phi) is 5.32. The number of hydrogen-bond acceptors (Lipinski definition) is 3. The molecule has 3 aromatic carbocycles. The van der Waals surface area contributed by atoms with E-state index in [1.54, 1.807) is 24.3 Å². The fraction of sp³-hybridized carbons (Fsp3) is 0.0833. The van der Waals surface area contributed by atoms with E-state index in [0.29, 0.717) is 5.56 Å². The predicted octanol–water partition coefficient (Wildman–Crippen LogP) is 5.07. The zero-order chi connectivity index (χ0) is 20.4. The van der Waals surface area contributed by atoms with E-state index in [2.05, 4.69) is 15.9 Å². The van der Waals surface area contributed by atoms with Crippen LogP contribution in [0.3, 0.4) is 0 Å². The van der Waals surface area contributed by atoms with Crippen LogP contribution in [-0.2, 0) is 16.1 Å². The van der Waals surface area contributed by atoms with E-state index >= 15 is 0 Å². The van der Waals surface area contributed by atoms with Crippen molar-refractivity contribution in [1.82, 2.24) is 4.90 Å². The summed E-state index contributed by atoms with van der Waals surface area (Å²) in [6.45, 7) is 0.276. The molecule has 1 aliphatic heterocycles. The molecule has 3 aromatic rings. The Morgan fingerprint density at radius 2 is 1.45 bits per heavy atom. The molecule has 1 heterocycles. The third-order valence-electron chi connectivity index (χ3n) is 4.97. The number of amides is 1. The number of carbonyl (C=O) groups excluding carboxylic acids is 2. The summed E-state index contributed by atoms with van der Waals surface area (Å²) in [6.07, 6.45) is 0. The van der Waals surface area contributed by atoms with E-state index in [9.17, 15) is 14.7 Å². The maximum Gasteiger partial charge on any atom is 0.295 e. The second kappa shape index (κ2) is 8.05. The second-order valence-corrected chi connectivity index (χ2v) is 7.75. The number of aliphatic hydroxyl groups is 1. The lowest BCUT2D eigenvalue weighted by Crippen LogP contribution is -2.29. The smallest absolute Gasteiger partial charge is 0.295 e. The number of nitrogens with zero attached hydrogens (tertiary/aromatic N) is 1. The van der Waals surface area contributed by atoms with Crippen LogP contribution in [-0.4, -0.2) is 21.7 Å². The highest BCUT2D eigenvalue weighted by molar-refractivity contribution is 9.10. The molecule has 1 saturated heterocycles. The number of aliphatic hydroxyl groups excluding tert-OH is 1. The fourth-order valence-electron chi connectivity index (χ4n) is 3.57. The van der Waals surface area contributed by atoms with Crippen LogP contribution in [0.25, 0.3) is 5.76 Å². The Hall–Kier alpha value is -3.18. The number of benzene rings is 3. The molecule has 5 heteroatoms. The minimum atomic E-state index is -0.671. The van der Waals surface area contributed by atoms with Gasteiger partial charge in [0.15, 0.2) is 0 Å². The van der Waals surface area contributed by atoms with Crippen LogP contribution < -0.4 is 0 Å². The molecule has 0 spiro atoms. The molecule has 1 aliphatic rings. The van der Waals surface area contributed by atoms with Crippen molar-refractivity contribution >= 4 is 33.4 Å². The van der Waals surface area contributed by atoms with Gasteiger partial charge in [-0.25, -0.2) is 0 Å². The molecule has 144 valence electrons. The molecule has 0 aliphatic carbocycles. The van der Waals surface area contributed by atoms with E-state index in [0.717, 1.165) is 15.6 Å². The molecule has 0 aromatic heterocycles. The quantitative estimate of drug-likeness (QED) is 0.345. The SMILES string of the molecule is O=C1C(=O)N(Cc2ccccc2)C(c2ccc(Br)cc2)/C1=C(\O)c1ccccc1. The molecule has 1 N–H and O–H groups in total. The molecule has 1 fully saturated rings. The van der Waals surface area contributed by atoms with Crippen molar-refractivity contribution in [2.75, 3.05) is 0 Å². The molecular weight excluding hydrogens is 430 g/mol. The van der Waals surface area contributed by atoms with Gasteiger partial charge in [-0.1, -0.05) is 88.7 Å². The minimum absolute atomic E-state index is 0.111. The van der Waals surface area contributed by atoms with E-state index < -0.39 is 17.7 Å². The van der Waals surface area contributed by atoms with E-state index in [1.165, 1.54) is 4.90 Å². The molecule has 4 nitrogen and oxygen atoms in total. The number of hydrogen-bond donors (Lipinski definition) is 1. The average Bonchev–Trinajstić information content (AvgIpc) is 3.00. The first-order chi connectivity index (χ1) is 14.1. The Bertz CT molecular complexity index is 1080. The number of rotatable bonds is 4. The summed E-state index contributed by atoms with van der Waals surface area (Å²) < 4.78 is 0.893. The van der Waals surface area contributed by atoms with Crippen LogP contribution in [0.15, 0.2) is 95.0 Å². The normalized spacial score (nSPS) is 18.2. The summed E-state index contributed by atoms with van der Waals surface area (Å²) in [5.74, 6) is -1.44. The Morgan fingerprint density at radius 3 is 2.07 bits per heavy atom. The average molecular weight is 448 g/mol. The largest absolute Gasteiger partial charge is 0.507 e. The predicted molar refractivity (Wildman–Crippen MR) is 115 cm³/mol. The first kappa shape index (κ1) is 19.2. The lowest BCUT2D eigenvalue weighted by molar-refractivity contribution is -0.140. The van der Waals surface area contributed by atoms with Crippen molar-refractivity contribution in [3.63, 3.8) is 0 Å². The lowest BCUT2D eigenvalue weighted by atomic mass is 9.95. The van der Waals surface area contributed by atoms with E-state index in [-0.39, 0.29) is 17.9 Å². The molecule has 1 unspecified atom stereocenters. The number of carbonyl (C=O) groups is 2. The van der Waals surface area contributed by atoms with Crippen LogP contribution in [0.4, 0.5) is 0 Å². The Labute approximate surface area is 177 Å². The zero-order valence-corrected chi connectivity index (χ0v) is 17.0. The second-order valence-electron chi connectivity index (χ2n) is 6.83. The number of Topliss-reactive ketones (excluding diaryl/α,β-unsaturated/α-hetero) is 1. The number of ketones is 1. The van der Waals surface area contributed by atoms with Crippen molar-refractivity contribution in [2.45, 2.75) is 12.6 Å². The van der Waals surface area contributed by atoms with Gasteiger partial charge in [-0.05, 0) is 23.3 Å². The topological polar surface area (TPSA) is 57.6 Å². The van der Waals surface area contributed by atoms with Crippen LogP contribution in [0, 0.1) is 0 Å². The molecule has 0 bridgehead atoms. The maximum atomic E-state index is 13.0. The van der Waals surface area contributed by atoms with Gasteiger partial charge in [0.25, 0.3) is 11.7 Å². The Balaban J connectivity index is 1.86. The highest BCUT2D eigenvalue weighted by atomic mass is 79.9. The van der Waals surface area contributed by atoms with E-state index in [4.69, 9.17) is 0 Å². The monoisotopic (exact) mass is 447 g/mol. The molecule has 0 saturated carbocycles. The van der Waals surface area contributed by atoms with E-state index in [1.807, 2.05) is 60.7 Å². The lowest BCUT2D eigenvalue weighted by Gasteiger charge is -2.25. The van der Waals surface area contributed by atoms with Gasteiger partial charge in [-0.2, -0.15) is 0 Å². The van der Waals surface area contributed by atoms with Gasteiger partial charge in [0.2, 0.25) is 0 Å². The third-order valence-corrected chi connectivity index (χ3v) is 5.50. The Morgan fingerprint density at radius 1 is 0.862 bits per heavy atom. The molecule has 29 heavy (non-hydrogen) atoms. The van der Waals surface area contributed by atoms with Crippen molar-refractivity contribution in [3.05, 3.63) is 112 Å². The van der Waals surface area contributed by atoms with Gasteiger partial charge in [-0.15, -0.1) is 0 Å². The molecule has 1 atom stereocenters. The molecular formula is C24H18BrNO3. The van der Waals surface area contributed by atoms with Crippen molar-refractivity contribution in [1.29, 1.82) is 0 Å². The molecule has 0 radical (unpaired) electrons. The summed E-state index contributed by atoms with van der Waals surface area (Å²) in [7, 11) is 0. The maximum absolute atomic E-state index is 13.0. The number of likely N-dealkylation sites (tertiary alicyclic amines) is 1. The zero-order valence-electron chi connectivity index (χ0n) is 15.5. The summed E-state index contributed by atoms with van der Waals surface area (Å²) in [6, 6.07) is 25.1. The fourth-order valence-corrected chi connectivity index (χ4v) is 3.83. The summed E-state index contributed by atoms with van der Waals surface area (Å²) in [4.78, 5) is 27.4. The molecule has 4 rings (SSSR count). The van der Waals surface area contributed by atoms with Gasteiger partial charge in [-0.3, -0.25) is 9.59 Å². The van der Waals surface area contributed by atoms with Crippen LogP contribution in [0.2, 0.25) is 0 Å². The van der Waals surface area contributed by atoms with Gasteiger partial charge >= 0.3 is 0 Å². The standard InChI is InChI=1S/C24H18BrNO3/c25-19-13-11-17(12-14-19)21-20(22(27)18-9-5-2-6-10-18)23(28)24(29)26(21)15-16-7-3-1-4-8-16/h1-14,21,27H,15H2/b22-20+. The first-order valence-electron chi connectivity index (χ1n) is 9.19. The van der Waals surface area contributed by atoms with Crippen LogP contribution in [0.1, 0.15) is 22.7 Å². The third kappa shape index (κ3) is 3.74. The van der Waals surface area contributed by atoms with Crippen molar-refractivity contribution < 1.29 is 14.7 Å².